The van der Waals surface area contributed by atoms with Crippen LogP contribution in [-0.2, 0) is 0 Å². The van der Waals surface area contributed by atoms with Crippen molar-refractivity contribution in [1.29, 1.82) is 0 Å². The summed E-state index contributed by atoms with van der Waals surface area (Å²) < 4.78 is 0.743. The van der Waals surface area contributed by atoms with E-state index in [-0.39, 0.29) is 6.04 Å². The van der Waals surface area contributed by atoms with Crippen molar-refractivity contribution in [3.63, 3.8) is 0 Å². The lowest BCUT2D eigenvalue weighted by Crippen LogP contribution is -2.28. The van der Waals surface area contributed by atoms with E-state index < -0.39 is 0 Å². The van der Waals surface area contributed by atoms with Crippen LogP contribution in [0.25, 0.3) is 0 Å². The molecule has 2 rings (SSSR count). The number of nitrogens with two attached hydrogens (primary N) is 1. The summed E-state index contributed by atoms with van der Waals surface area (Å²) >= 11 is 7.36. The molecule has 3 N–H and O–H groups in total. The van der Waals surface area contributed by atoms with Crippen LogP contribution in [0.5, 0.6) is 0 Å². The summed E-state index contributed by atoms with van der Waals surface area (Å²) in [6, 6.07) is 5.57. The highest BCUT2D eigenvalue weighted by atomic mass is 35.5. The van der Waals surface area contributed by atoms with E-state index in [2.05, 4.69) is 15.6 Å². The van der Waals surface area contributed by atoms with Crippen molar-refractivity contribution < 1.29 is 0 Å². The minimum Gasteiger partial charge on any atom is -0.271 e. The Bertz CT molecular complexity index is 431. The number of hydrogen-bond donors (Lipinski definition) is 2. The van der Waals surface area contributed by atoms with E-state index in [9.17, 15) is 0 Å². The van der Waals surface area contributed by atoms with Crippen LogP contribution in [0.3, 0.4) is 0 Å². The van der Waals surface area contributed by atoms with Crippen LogP contribution in [0.1, 0.15) is 16.5 Å². The van der Waals surface area contributed by atoms with Gasteiger partial charge < -0.3 is 0 Å². The van der Waals surface area contributed by atoms with Crippen molar-refractivity contribution in [2.75, 3.05) is 0 Å². The number of nitrogens with zero attached hydrogens (tertiary/aromatic N) is 2. The molecule has 0 bridgehead atoms. The number of rotatable bonds is 3. The highest BCUT2D eigenvalue weighted by molar-refractivity contribution is 7.16. The highest BCUT2D eigenvalue weighted by Crippen LogP contribution is 2.29. The third-order valence-electron chi connectivity index (χ3n) is 1.99. The zero-order valence-corrected chi connectivity index (χ0v) is 9.29. The molecule has 0 aromatic carbocycles. The topological polar surface area (TPSA) is 63.8 Å². The predicted octanol–water partition coefficient (Wildman–Crippen LogP) is 1.74. The second-order valence-electron chi connectivity index (χ2n) is 2.92. The van der Waals surface area contributed by atoms with Crippen LogP contribution < -0.4 is 11.3 Å². The maximum Gasteiger partial charge on any atom is 0.0931 e. The Hall–Kier alpha value is -1.01. The molecule has 0 fully saturated rings. The molecule has 6 heteroatoms. The number of nitrogens with one attached hydrogen (secondary N) is 1. The van der Waals surface area contributed by atoms with Crippen LogP contribution in [0.15, 0.2) is 30.6 Å². The summed E-state index contributed by atoms with van der Waals surface area (Å²) in [4.78, 5) is 1.05. The van der Waals surface area contributed by atoms with Crippen molar-refractivity contribution >= 4 is 22.9 Å². The lowest BCUT2D eigenvalue weighted by molar-refractivity contribution is 0.641. The van der Waals surface area contributed by atoms with Gasteiger partial charge in [0.1, 0.15) is 0 Å². The number of halogens is 1. The zero-order chi connectivity index (χ0) is 10.7. The molecule has 0 saturated carbocycles. The molecule has 78 valence electrons. The summed E-state index contributed by atoms with van der Waals surface area (Å²) in [5.41, 5.74) is 3.70. The van der Waals surface area contributed by atoms with Crippen molar-refractivity contribution in [3.8, 4) is 0 Å². The summed E-state index contributed by atoms with van der Waals surface area (Å²) in [6.07, 6.45) is 3.31. The number of hydrogen-bond acceptors (Lipinski definition) is 5. The van der Waals surface area contributed by atoms with Crippen LogP contribution in [-0.4, -0.2) is 10.2 Å². The van der Waals surface area contributed by atoms with Gasteiger partial charge in [-0.05, 0) is 23.8 Å². The highest BCUT2D eigenvalue weighted by Gasteiger charge is 2.14. The van der Waals surface area contributed by atoms with Crippen LogP contribution in [0.4, 0.5) is 0 Å². The minimum absolute atomic E-state index is 0.0852. The first-order valence-electron chi connectivity index (χ1n) is 4.29. The van der Waals surface area contributed by atoms with Gasteiger partial charge in [0.2, 0.25) is 0 Å². The maximum absolute atomic E-state index is 5.87. The molecule has 4 nitrogen and oxygen atoms in total. The molecule has 0 aliphatic heterocycles. The number of hydrazine groups is 1. The Morgan fingerprint density at radius 2 is 2.20 bits per heavy atom. The molecule has 1 unspecified atom stereocenters. The van der Waals surface area contributed by atoms with E-state index in [0.29, 0.717) is 0 Å². The second-order valence-corrected chi connectivity index (χ2v) is 4.66. The molecular formula is C9H9ClN4S. The largest absolute Gasteiger partial charge is 0.271 e. The van der Waals surface area contributed by atoms with Gasteiger partial charge in [0.15, 0.2) is 0 Å². The molecule has 2 aromatic rings. The molecule has 0 radical (unpaired) electrons. The Kier molecular flexibility index (Phi) is 3.27. The van der Waals surface area contributed by atoms with E-state index in [4.69, 9.17) is 17.4 Å². The predicted molar refractivity (Wildman–Crippen MR) is 60.5 cm³/mol. The van der Waals surface area contributed by atoms with Gasteiger partial charge in [0, 0.05) is 11.1 Å². The fourth-order valence-corrected chi connectivity index (χ4v) is 2.45. The Labute approximate surface area is 96.1 Å². The van der Waals surface area contributed by atoms with E-state index in [0.717, 1.165) is 14.8 Å². The summed E-state index contributed by atoms with van der Waals surface area (Å²) in [7, 11) is 0. The van der Waals surface area contributed by atoms with Gasteiger partial charge in [-0.3, -0.25) is 5.84 Å². The quantitative estimate of drug-likeness (QED) is 0.634. The number of aromatic nitrogens is 2. The first kappa shape index (κ1) is 10.5. The van der Waals surface area contributed by atoms with Crippen LogP contribution >= 0.6 is 22.9 Å². The first-order valence-corrected chi connectivity index (χ1v) is 5.48. The van der Waals surface area contributed by atoms with Gasteiger partial charge in [-0.15, -0.1) is 11.3 Å². The van der Waals surface area contributed by atoms with Crippen LogP contribution in [0.2, 0.25) is 4.34 Å². The average Bonchev–Trinajstić information content (AvgIpc) is 2.68. The van der Waals surface area contributed by atoms with E-state index >= 15 is 0 Å². The average molecular weight is 241 g/mol. The molecular weight excluding hydrogens is 232 g/mol. The lowest BCUT2D eigenvalue weighted by Gasteiger charge is -2.13. The Morgan fingerprint density at radius 3 is 2.73 bits per heavy atom. The molecule has 0 spiro atoms. The van der Waals surface area contributed by atoms with Crippen molar-refractivity contribution in [3.05, 3.63) is 45.4 Å². The molecule has 1 atom stereocenters. The zero-order valence-electron chi connectivity index (χ0n) is 7.72. The van der Waals surface area contributed by atoms with Crippen molar-refractivity contribution in [2.24, 2.45) is 5.84 Å². The van der Waals surface area contributed by atoms with Crippen molar-refractivity contribution in [1.82, 2.24) is 15.6 Å². The van der Waals surface area contributed by atoms with E-state index in [1.807, 2.05) is 18.2 Å². The molecule has 0 aliphatic rings. The van der Waals surface area contributed by atoms with Crippen molar-refractivity contribution in [2.45, 2.75) is 6.04 Å². The third kappa shape index (κ3) is 2.32. The summed E-state index contributed by atoms with van der Waals surface area (Å²) in [6.45, 7) is 0. The lowest BCUT2D eigenvalue weighted by atomic mass is 10.1. The molecule has 0 aliphatic carbocycles. The fraction of sp³-hybridized carbons (Fsp3) is 0.111. The monoisotopic (exact) mass is 240 g/mol. The van der Waals surface area contributed by atoms with Gasteiger partial charge in [0.25, 0.3) is 0 Å². The summed E-state index contributed by atoms with van der Waals surface area (Å²) in [5.74, 6) is 5.51. The van der Waals surface area contributed by atoms with Gasteiger partial charge in [-0.25, -0.2) is 5.43 Å². The number of thiophene rings is 1. The third-order valence-corrected chi connectivity index (χ3v) is 3.28. The molecule has 0 saturated heterocycles. The summed E-state index contributed by atoms with van der Waals surface area (Å²) in [5, 5.41) is 7.53. The van der Waals surface area contributed by atoms with Crippen LogP contribution in [0, 0.1) is 0 Å². The Morgan fingerprint density at radius 1 is 1.33 bits per heavy atom. The van der Waals surface area contributed by atoms with Gasteiger partial charge in [-0.2, -0.15) is 10.2 Å². The minimum atomic E-state index is -0.0852. The molecule has 15 heavy (non-hydrogen) atoms. The maximum atomic E-state index is 5.87. The molecule has 2 aromatic heterocycles. The normalized spacial score (nSPS) is 12.7. The first-order chi connectivity index (χ1) is 7.31. The van der Waals surface area contributed by atoms with Gasteiger partial charge >= 0.3 is 0 Å². The van der Waals surface area contributed by atoms with Gasteiger partial charge in [0.05, 0.1) is 16.6 Å². The molecule has 0 amide bonds. The van der Waals surface area contributed by atoms with E-state index in [1.165, 1.54) is 11.3 Å². The molecule has 2 heterocycles. The smallest absolute Gasteiger partial charge is 0.0931 e. The Balaban J connectivity index is 2.33. The van der Waals surface area contributed by atoms with E-state index in [1.54, 1.807) is 12.4 Å². The SMILES string of the molecule is NNC(c1ccnnc1)c1ccc(Cl)s1. The fourth-order valence-electron chi connectivity index (χ4n) is 1.30. The standard InChI is InChI=1S/C9H9ClN4S/c10-8-2-1-7(15-8)9(14-11)6-3-4-12-13-5-6/h1-5,9,14H,11H2. The van der Waals surface area contributed by atoms with Gasteiger partial charge in [-0.1, -0.05) is 11.6 Å². The second kappa shape index (κ2) is 4.67.